The molecule has 4 nitrogen and oxygen atoms in total. The lowest BCUT2D eigenvalue weighted by atomic mass is 9.84. The Morgan fingerprint density at radius 1 is 0.913 bits per heavy atom. The van der Waals surface area contributed by atoms with E-state index in [2.05, 4.69) is 10.1 Å². The van der Waals surface area contributed by atoms with Crippen LogP contribution in [0.25, 0.3) is 0 Å². The molecule has 0 spiro atoms. The molecule has 1 heterocycles. The summed E-state index contributed by atoms with van der Waals surface area (Å²) in [5.41, 5.74) is 1.02. The number of hydrogen-bond donors (Lipinski definition) is 0. The summed E-state index contributed by atoms with van der Waals surface area (Å²) < 4.78 is 26.6. The highest BCUT2D eigenvalue weighted by Gasteiger charge is 2.34. The molecule has 0 saturated heterocycles. The zero-order chi connectivity index (χ0) is 16.4. The standard InChI is InChI=1S/C17H16F2N4/c1-17(13-3-7-15(18)8-4-13,14-5-9-16(19)10-6-14)22(2)23-12-20-11-21-23/h3-12H,1-2H3. The zero-order valence-electron chi connectivity index (χ0n) is 12.8. The van der Waals surface area contributed by atoms with Crippen molar-refractivity contribution in [3.63, 3.8) is 0 Å². The first-order valence-corrected chi connectivity index (χ1v) is 7.12. The number of aromatic nitrogens is 3. The van der Waals surface area contributed by atoms with E-state index in [0.717, 1.165) is 11.1 Å². The fourth-order valence-electron chi connectivity index (χ4n) is 2.65. The van der Waals surface area contributed by atoms with Gasteiger partial charge in [-0.25, -0.2) is 13.8 Å². The molecule has 0 fully saturated rings. The van der Waals surface area contributed by atoms with Crippen LogP contribution in [0.1, 0.15) is 18.1 Å². The molecule has 3 aromatic rings. The Morgan fingerprint density at radius 2 is 1.39 bits per heavy atom. The first kappa shape index (κ1) is 15.1. The van der Waals surface area contributed by atoms with E-state index < -0.39 is 5.54 Å². The van der Waals surface area contributed by atoms with Crippen LogP contribution < -0.4 is 5.01 Å². The third-order valence-corrected chi connectivity index (χ3v) is 4.17. The average Bonchev–Trinajstić information content (AvgIpc) is 3.09. The largest absolute Gasteiger partial charge is 0.284 e. The second-order valence-corrected chi connectivity index (χ2v) is 5.43. The van der Waals surface area contributed by atoms with E-state index >= 15 is 0 Å². The molecule has 0 radical (unpaired) electrons. The molecule has 3 rings (SSSR count). The van der Waals surface area contributed by atoms with E-state index in [4.69, 9.17) is 0 Å². The lowest BCUT2D eigenvalue weighted by Gasteiger charge is -2.40. The number of halogens is 2. The molecule has 0 N–H and O–H groups in total. The van der Waals surface area contributed by atoms with E-state index in [1.165, 1.54) is 30.6 Å². The van der Waals surface area contributed by atoms with E-state index in [0.29, 0.717) is 0 Å². The van der Waals surface area contributed by atoms with Gasteiger partial charge in [0.25, 0.3) is 0 Å². The van der Waals surface area contributed by atoms with Crippen LogP contribution in [0, 0.1) is 11.6 Å². The van der Waals surface area contributed by atoms with Crippen LogP contribution >= 0.6 is 0 Å². The molecule has 1 aromatic heterocycles. The molecule has 2 aromatic carbocycles. The van der Waals surface area contributed by atoms with Gasteiger partial charge in [-0.2, -0.15) is 4.79 Å². The predicted octanol–water partition coefficient (Wildman–Crippen LogP) is 3.09. The molecule has 0 bridgehead atoms. The van der Waals surface area contributed by atoms with Crippen LogP contribution in [0.3, 0.4) is 0 Å². The second-order valence-electron chi connectivity index (χ2n) is 5.43. The lowest BCUT2D eigenvalue weighted by molar-refractivity contribution is 0.413. The molecule has 0 saturated carbocycles. The molecule has 118 valence electrons. The highest BCUT2D eigenvalue weighted by molar-refractivity contribution is 5.41. The predicted molar refractivity (Wildman–Crippen MR) is 83.4 cm³/mol. The Labute approximate surface area is 133 Å². The summed E-state index contributed by atoms with van der Waals surface area (Å²) in [5, 5.41) is 6.01. The molecule has 6 heteroatoms. The maximum absolute atomic E-state index is 13.3. The van der Waals surface area contributed by atoms with Crippen molar-refractivity contribution >= 4 is 0 Å². The number of nitrogens with zero attached hydrogens (tertiary/aromatic N) is 4. The van der Waals surface area contributed by atoms with E-state index in [9.17, 15) is 8.78 Å². The minimum atomic E-state index is -0.685. The minimum absolute atomic E-state index is 0.307. The fraction of sp³-hybridized carbons (Fsp3) is 0.176. The Kier molecular flexibility index (Phi) is 3.82. The van der Waals surface area contributed by atoms with Gasteiger partial charge in [-0.15, -0.1) is 5.10 Å². The molecular weight excluding hydrogens is 298 g/mol. The van der Waals surface area contributed by atoms with Gasteiger partial charge in [0.05, 0.1) is 0 Å². The smallest absolute Gasteiger partial charge is 0.139 e. The molecule has 0 aliphatic rings. The summed E-state index contributed by atoms with van der Waals surface area (Å²) in [4.78, 5) is 5.55. The fourth-order valence-corrected chi connectivity index (χ4v) is 2.65. The minimum Gasteiger partial charge on any atom is -0.284 e. The van der Waals surface area contributed by atoms with Crippen molar-refractivity contribution < 1.29 is 8.78 Å². The Balaban J connectivity index is 2.16. The van der Waals surface area contributed by atoms with Gasteiger partial charge < -0.3 is 0 Å². The van der Waals surface area contributed by atoms with E-state index in [1.54, 1.807) is 35.4 Å². The summed E-state index contributed by atoms with van der Waals surface area (Å²) in [6.07, 6.45) is 3.01. The van der Waals surface area contributed by atoms with Gasteiger partial charge in [-0.05, 0) is 42.3 Å². The summed E-state index contributed by atoms with van der Waals surface area (Å²) >= 11 is 0. The van der Waals surface area contributed by atoms with Crippen molar-refractivity contribution in [2.24, 2.45) is 0 Å². The lowest BCUT2D eigenvalue weighted by Crippen LogP contribution is -2.49. The van der Waals surface area contributed by atoms with Crippen molar-refractivity contribution in [3.8, 4) is 0 Å². The quantitative estimate of drug-likeness (QED) is 0.742. The van der Waals surface area contributed by atoms with Gasteiger partial charge in [0.15, 0.2) is 0 Å². The molecule has 0 unspecified atom stereocenters. The summed E-state index contributed by atoms with van der Waals surface area (Å²) in [7, 11) is 1.85. The first-order chi connectivity index (χ1) is 11.0. The van der Waals surface area contributed by atoms with Crippen molar-refractivity contribution in [2.75, 3.05) is 12.1 Å². The van der Waals surface area contributed by atoms with Crippen molar-refractivity contribution in [1.29, 1.82) is 0 Å². The SMILES string of the molecule is CN(n1cncn1)C(C)(c1ccc(F)cc1)c1ccc(F)cc1. The molecule has 0 amide bonds. The molecular formula is C17H16F2N4. The van der Waals surface area contributed by atoms with Crippen molar-refractivity contribution in [3.05, 3.63) is 83.9 Å². The number of rotatable bonds is 4. The summed E-state index contributed by atoms with van der Waals surface area (Å²) in [6.45, 7) is 1.97. The Bertz CT molecular complexity index is 722. The normalized spacial score (nSPS) is 11.5. The maximum atomic E-state index is 13.3. The zero-order valence-corrected chi connectivity index (χ0v) is 12.8. The average molecular weight is 314 g/mol. The van der Waals surface area contributed by atoms with Crippen LogP contribution in [-0.2, 0) is 5.54 Å². The van der Waals surface area contributed by atoms with Crippen molar-refractivity contribution in [1.82, 2.24) is 14.9 Å². The van der Waals surface area contributed by atoms with Gasteiger partial charge >= 0.3 is 0 Å². The summed E-state index contributed by atoms with van der Waals surface area (Å²) in [6, 6.07) is 12.5. The van der Waals surface area contributed by atoms with Crippen LogP contribution in [0.15, 0.2) is 61.2 Å². The van der Waals surface area contributed by atoms with Gasteiger partial charge in [0.2, 0.25) is 0 Å². The topological polar surface area (TPSA) is 34.0 Å². The van der Waals surface area contributed by atoms with Gasteiger partial charge in [-0.1, -0.05) is 24.3 Å². The molecule has 0 atom stereocenters. The van der Waals surface area contributed by atoms with Gasteiger partial charge in [0.1, 0.15) is 29.8 Å². The highest BCUT2D eigenvalue weighted by Crippen LogP contribution is 2.33. The third kappa shape index (κ3) is 2.67. The molecule has 23 heavy (non-hydrogen) atoms. The van der Waals surface area contributed by atoms with Crippen LogP contribution in [0.2, 0.25) is 0 Å². The molecule has 0 aliphatic heterocycles. The first-order valence-electron chi connectivity index (χ1n) is 7.12. The third-order valence-electron chi connectivity index (χ3n) is 4.17. The maximum Gasteiger partial charge on any atom is 0.139 e. The van der Waals surface area contributed by atoms with Crippen LogP contribution in [0.5, 0.6) is 0 Å². The monoisotopic (exact) mass is 314 g/mol. The number of benzene rings is 2. The van der Waals surface area contributed by atoms with Crippen LogP contribution in [-0.4, -0.2) is 21.9 Å². The van der Waals surface area contributed by atoms with E-state index in [1.807, 2.05) is 19.0 Å². The highest BCUT2D eigenvalue weighted by atomic mass is 19.1. The Hall–Kier alpha value is -2.76. The van der Waals surface area contributed by atoms with Crippen molar-refractivity contribution in [2.45, 2.75) is 12.5 Å². The molecule has 0 aliphatic carbocycles. The Morgan fingerprint density at radius 3 is 1.78 bits per heavy atom. The number of hydrogen-bond acceptors (Lipinski definition) is 3. The van der Waals surface area contributed by atoms with E-state index in [-0.39, 0.29) is 11.6 Å². The van der Waals surface area contributed by atoms with Gasteiger partial charge in [-0.3, -0.25) is 5.01 Å². The summed E-state index contributed by atoms with van der Waals surface area (Å²) in [5.74, 6) is -0.614. The van der Waals surface area contributed by atoms with Gasteiger partial charge in [0, 0.05) is 7.05 Å². The van der Waals surface area contributed by atoms with Crippen LogP contribution in [0.4, 0.5) is 8.78 Å². The second kappa shape index (κ2) is 5.79.